The highest BCUT2D eigenvalue weighted by Crippen LogP contribution is 2.29. The number of hydrogen-bond donors (Lipinski definition) is 2. The zero-order valence-electron chi connectivity index (χ0n) is 17.2. The number of benzene rings is 2. The van der Waals surface area contributed by atoms with E-state index in [9.17, 15) is 19.2 Å². The third kappa shape index (κ3) is 4.74. The number of thioether (sulfide) groups is 1. The Hall–Kier alpha value is -2.87. The number of hydrogen-bond acceptors (Lipinski definition) is 5. The summed E-state index contributed by atoms with van der Waals surface area (Å²) in [6, 6.07) is 11.1. The minimum Gasteiger partial charge on any atom is -0.354 e. The summed E-state index contributed by atoms with van der Waals surface area (Å²) in [5.74, 6) is -0.557. The van der Waals surface area contributed by atoms with Crippen molar-refractivity contribution in [1.29, 1.82) is 0 Å². The summed E-state index contributed by atoms with van der Waals surface area (Å²) in [6.45, 7) is 0.268. The van der Waals surface area contributed by atoms with Crippen molar-refractivity contribution in [3.05, 3.63) is 47.5 Å². The fraction of sp³-hybridized carbons (Fsp3) is 0.391. The van der Waals surface area contributed by atoms with Crippen LogP contribution in [0.3, 0.4) is 0 Å². The normalized spacial score (nSPS) is 16.1. The molecule has 31 heavy (non-hydrogen) atoms. The minimum absolute atomic E-state index is 0.0398. The Kier molecular flexibility index (Phi) is 6.56. The molecule has 1 heterocycles. The van der Waals surface area contributed by atoms with Crippen LogP contribution in [0.2, 0.25) is 0 Å². The zero-order chi connectivity index (χ0) is 21.8. The molecule has 2 aromatic carbocycles. The first kappa shape index (κ1) is 21.4. The number of rotatable bonds is 8. The van der Waals surface area contributed by atoms with E-state index in [1.807, 2.05) is 12.1 Å². The number of nitrogens with one attached hydrogen (secondary N) is 2. The van der Waals surface area contributed by atoms with Crippen LogP contribution in [0.15, 0.2) is 36.4 Å². The first-order chi connectivity index (χ1) is 15.0. The van der Waals surface area contributed by atoms with Crippen LogP contribution in [-0.2, 0) is 9.59 Å². The van der Waals surface area contributed by atoms with E-state index in [0.717, 1.165) is 31.1 Å². The Morgan fingerprint density at radius 3 is 2.19 bits per heavy atom. The van der Waals surface area contributed by atoms with Crippen molar-refractivity contribution in [2.75, 3.05) is 24.6 Å². The molecule has 1 aliphatic carbocycles. The lowest BCUT2D eigenvalue weighted by atomic mass is 9.94. The maximum atomic E-state index is 12.8. The topological polar surface area (TPSA) is 95.6 Å². The Bertz CT molecular complexity index is 982. The average Bonchev–Trinajstić information content (AvgIpc) is 3.27. The number of nitrogens with zero attached hydrogens (tertiary/aromatic N) is 1. The summed E-state index contributed by atoms with van der Waals surface area (Å²) in [7, 11) is 0. The predicted molar refractivity (Wildman–Crippen MR) is 120 cm³/mol. The van der Waals surface area contributed by atoms with E-state index < -0.39 is 0 Å². The van der Waals surface area contributed by atoms with Crippen molar-refractivity contribution in [3.63, 3.8) is 0 Å². The molecule has 4 rings (SSSR count). The predicted octanol–water partition coefficient (Wildman–Crippen LogP) is 2.34. The van der Waals surface area contributed by atoms with Crippen molar-refractivity contribution in [2.45, 2.75) is 31.7 Å². The van der Waals surface area contributed by atoms with Crippen molar-refractivity contribution >= 4 is 46.2 Å². The summed E-state index contributed by atoms with van der Waals surface area (Å²) in [6.07, 6.45) is 4.38. The van der Waals surface area contributed by atoms with Gasteiger partial charge in [-0.25, -0.2) is 0 Å². The maximum Gasteiger partial charge on any atom is 0.261 e. The monoisotopic (exact) mass is 439 g/mol. The highest BCUT2D eigenvalue weighted by atomic mass is 32.2. The number of carbonyl (C=O) groups excluding carboxylic acids is 4. The molecule has 2 N–H and O–H groups in total. The number of carbonyl (C=O) groups is 4. The van der Waals surface area contributed by atoms with Crippen molar-refractivity contribution < 1.29 is 19.2 Å². The molecule has 1 fully saturated rings. The van der Waals surface area contributed by atoms with Gasteiger partial charge in [-0.1, -0.05) is 37.1 Å². The summed E-state index contributed by atoms with van der Waals surface area (Å²) in [5.41, 5.74) is 1.01. The van der Waals surface area contributed by atoms with Gasteiger partial charge in [-0.3, -0.25) is 24.1 Å². The lowest BCUT2D eigenvalue weighted by Crippen LogP contribution is -2.44. The first-order valence-electron chi connectivity index (χ1n) is 10.6. The highest BCUT2D eigenvalue weighted by molar-refractivity contribution is 8.00. The van der Waals surface area contributed by atoms with Gasteiger partial charge in [0, 0.05) is 35.6 Å². The third-order valence-corrected chi connectivity index (χ3v) is 6.63. The summed E-state index contributed by atoms with van der Waals surface area (Å²) >= 11 is 1.26. The van der Waals surface area contributed by atoms with E-state index in [1.54, 1.807) is 24.3 Å². The van der Waals surface area contributed by atoms with Gasteiger partial charge in [-0.15, -0.1) is 11.8 Å². The highest BCUT2D eigenvalue weighted by Gasteiger charge is 2.32. The van der Waals surface area contributed by atoms with Gasteiger partial charge in [0.2, 0.25) is 11.8 Å². The van der Waals surface area contributed by atoms with Crippen LogP contribution in [0.1, 0.15) is 46.4 Å². The molecular weight excluding hydrogens is 414 g/mol. The lowest BCUT2D eigenvalue weighted by molar-refractivity contribution is -0.119. The second-order valence-corrected chi connectivity index (χ2v) is 8.85. The standard InChI is InChI=1S/C23H25N3O4S/c27-19(13-31-14-20(28)25-16-7-1-2-8-16)24-11-12-26-22(29)17-9-3-5-15-6-4-10-18(21(15)17)23(26)30/h3-6,9-10,16H,1-2,7-8,11-14H2,(H,24,27)(H,25,28). The molecule has 2 aromatic rings. The van der Waals surface area contributed by atoms with Crippen LogP contribution in [0.4, 0.5) is 0 Å². The van der Waals surface area contributed by atoms with Gasteiger partial charge in [-0.05, 0) is 30.4 Å². The Balaban J connectivity index is 1.24. The van der Waals surface area contributed by atoms with E-state index in [4.69, 9.17) is 0 Å². The van der Waals surface area contributed by atoms with Crippen LogP contribution in [0.5, 0.6) is 0 Å². The molecule has 8 heteroatoms. The summed E-state index contributed by atoms with van der Waals surface area (Å²) in [4.78, 5) is 50.8. The fourth-order valence-corrected chi connectivity index (χ4v) is 4.88. The van der Waals surface area contributed by atoms with Crippen molar-refractivity contribution in [3.8, 4) is 0 Å². The van der Waals surface area contributed by atoms with E-state index in [-0.39, 0.29) is 54.3 Å². The van der Waals surface area contributed by atoms with Gasteiger partial charge in [-0.2, -0.15) is 0 Å². The molecule has 0 unspecified atom stereocenters. The van der Waals surface area contributed by atoms with Crippen LogP contribution >= 0.6 is 11.8 Å². The second-order valence-electron chi connectivity index (χ2n) is 7.86. The molecule has 7 nitrogen and oxygen atoms in total. The first-order valence-corrected chi connectivity index (χ1v) is 11.7. The van der Waals surface area contributed by atoms with Gasteiger partial charge < -0.3 is 10.6 Å². The van der Waals surface area contributed by atoms with Crippen LogP contribution < -0.4 is 10.6 Å². The molecule has 0 atom stereocenters. The Morgan fingerprint density at radius 1 is 0.935 bits per heavy atom. The average molecular weight is 440 g/mol. The van der Waals surface area contributed by atoms with Gasteiger partial charge in [0.1, 0.15) is 0 Å². The molecule has 0 bridgehead atoms. The minimum atomic E-state index is -0.346. The number of amides is 4. The van der Waals surface area contributed by atoms with E-state index >= 15 is 0 Å². The van der Waals surface area contributed by atoms with Gasteiger partial charge in [0.05, 0.1) is 11.5 Å². The van der Waals surface area contributed by atoms with E-state index in [2.05, 4.69) is 10.6 Å². The van der Waals surface area contributed by atoms with Gasteiger partial charge in [0.15, 0.2) is 0 Å². The molecular formula is C23H25N3O4S. The molecule has 4 amide bonds. The second kappa shape index (κ2) is 9.51. The molecule has 1 saturated carbocycles. The molecule has 0 saturated heterocycles. The van der Waals surface area contributed by atoms with Crippen LogP contribution in [0.25, 0.3) is 10.8 Å². The number of imide groups is 1. The third-order valence-electron chi connectivity index (χ3n) is 5.70. The largest absolute Gasteiger partial charge is 0.354 e. The molecule has 2 aliphatic rings. The van der Waals surface area contributed by atoms with Crippen molar-refractivity contribution in [2.24, 2.45) is 0 Å². The zero-order valence-corrected chi connectivity index (χ0v) is 18.0. The Labute approximate surface area is 184 Å². The molecule has 162 valence electrons. The quantitative estimate of drug-likeness (QED) is 0.616. The van der Waals surface area contributed by atoms with E-state index in [1.165, 1.54) is 16.7 Å². The van der Waals surface area contributed by atoms with Gasteiger partial charge >= 0.3 is 0 Å². The van der Waals surface area contributed by atoms with Gasteiger partial charge in [0.25, 0.3) is 11.8 Å². The molecule has 0 radical (unpaired) electrons. The molecule has 1 aliphatic heterocycles. The Morgan fingerprint density at radius 2 is 1.55 bits per heavy atom. The smallest absolute Gasteiger partial charge is 0.261 e. The summed E-state index contributed by atoms with van der Waals surface area (Å²) < 4.78 is 0. The summed E-state index contributed by atoms with van der Waals surface area (Å²) in [5, 5.41) is 7.27. The molecule has 0 spiro atoms. The van der Waals surface area contributed by atoms with Crippen LogP contribution in [0, 0.1) is 0 Å². The van der Waals surface area contributed by atoms with Crippen LogP contribution in [-0.4, -0.2) is 59.2 Å². The molecule has 0 aromatic heterocycles. The van der Waals surface area contributed by atoms with E-state index in [0.29, 0.717) is 16.5 Å². The SMILES string of the molecule is O=C(CSCC(=O)NC1CCCC1)NCCN1C(=O)c2cccc3cccc(c23)C1=O. The lowest BCUT2D eigenvalue weighted by Gasteiger charge is -2.27. The maximum absolute atomic E-state index is 12.8. The fourth-order valence-electron chi connectivity index (χ4n) is 4.22. The van der Waals surface area contributed by atoms with Crippen molar-refractivity contribution in [1.82, 2.24) is 15.5 Å².